The van der Waals surface area contributed by atoms with E-state index in [0.29, 0.717) is 23.4 Å². The maximum atomic E-state index is 13.8. The molecule has 26 heavy (non-hydrogen) atoms. The van der Waals surface area contributed by atoms with Crippen LogP contribution >= 0.6 is 11.3 Å². The lowest BCUT2D eigenvalue weighted by Gasteiger charge is -2.35. The molecule has 2 aromatic rings. The molecule has 1 fully saturated rings. The molecule has 1 aromatic carbocycles. The molecule has 0 bridgehead atoms. The summed E-state index contributed by atoms with van der Waals surface area (Å²) in [4.78, 5) is 26.7. The topological polar surface area (TPSA) is 58.6 Å². The number of halogens is 1. The van der Waals surface area contributed by atoms with Crippen LogP contribution in [0.1, 0.15) is 41.5 Å². The van der Waals surface area contributed by atoms with Crippen LogP contribution in [-0.4, -0.2) is 35.1 Å². The average molecular weight is 380 g/mol. The molecule has 2 heterocycles. The third kappa shape index (κ3) is 4.15. The van der Waals surface area contributed by atoms with Gasteiger partial charge in [0.2, 0.25) is 5.91 Å². The van der Waals surface area contributed by atoms with Crippen molar-refractivity contribution in [1.82, 2.24) is 4.90 Å². The first-order valence-corrected chi connectivity index (χ1v) is 9.55. The van der Waals surface area contributed by atoms with Crippen LogP contribution in [-0.2, 0) is 9.53 Å². The van der Waals surface area contributed by atoms with E-state index in [4.69, 9.17) is 4.74 Å². The smallest absolute Gasteiger partial charge is 0.410 e. The van der Waals surface area contributed by atoms with Gasteiger partial charge in [0.15, 0.2) is 0 Å². The van der Waals surface area contributed by atoms with Crippen LogP contribution in [0.2, 0.25) is 0 Å². The molecule has 1 atom stereocenters. The number of anilines is 1. The number of likely N-dealkylation sites (tertiary alicyclic amines) is 1. The number of thiophene rings is 1. The van der Waals surface area contributed by atoms with Crippen LogP contribution in [0.4, 0.5) is 14.2 Å². The summed E-state index contributed by atoms with van der Waals surface area (Å²) < 4.78 is 20.0. The van der Waals surface area contributed by atoms with Crippen molar-refractivity contribution < 1.29 is 20.1 Å². The van der Waals surface area contributed by atoms with Crippen molar-refractivity contribution in [2.45, 2.75) is 51.7 Å². The van der Waals surface area contributed by atoms with Gasteiger partial charge in [0.05, 0.1) is 5.00 Å². The Morgan fingerprint density at radius 2 is 2.12 bits per heavy atom. The van der Waals surface area contributed by atoms with Gasteiger partial charge in [-0.25, -0.2) is 9.18 Å². The highest BCUT2D eigenvalue weighted by atomic mass is 32.1. The fourth-order valence-electron chi connectivity index (χ4n) is 3.03. The lowest BCUT2D eigenvalue weighted by atomic mass is 10.0. The molecule has 1 N–H and O–H groups in total. The number of hydrogen-bond acceptors (Lipinski definition) is 4. The van der Waals surface area contributed by atoms with Crippen molar-refractivity contribution >= 4 is 38.4 Å². The molecule has 3 rings (SSSR count). The van der Waals surface area contributed by atoms with Crippen molar-refractivity contribution in [2.75, 3.05) is 11.9 Å². The van der Waals surface area contributed by atoms with E-state index >= 15 is 0 Å². The fraction of sp³-hybridized carbons (Fsp3) is 0.474. The number of benzene rings is 1. The van der Waals surface area contributed by atoms with Crippen LogP contribution in [0.25, 0.3) is 10.1 Å². The standard InChI is InChI=1S/C19H23FN2O3S.H2/c1-19(2,3)25-18(24)22-10-5-4-8-14(22)17(23)21-16-11-12-13(20)7-6-9-15(12)26-16;/h6-7,9,11,14H,4-5,8,10H2,1-3H3,(H,21,23);1H/t14-;/m0./s1. The van der Waals surface area contributed by atoms with Crippen molar-refractivity contribution in [1.29, 1.82) is 0 Å². The highest BCUT2D eigenvalue weighted by Gasteiger charge is 2.35. The second kappa shape index (κ2) is 7.23. The van der Waals surface area contributed by atoms with E-state index in [0.717, 1.165) is 17.5 Å². The molecule has 0 radical (unpaired) electrons. The van der Waals surface area contributed by atoms with Crippen LogP contribution < -0.4 is 5.32 Å². The number of hydrogen-bond donors (Lipinski definition) is 1. The van der Waals surface area contributed by atoms with Gasteiger partial charge >= 0.3 is 6.09 Å². The molecular formula is C19H25FN2O3S. The third-order valence-electron chi connectivity index (χ3n) is 4.19. The van der Waals surface area contributed by atoms with Gasteiger partial charge in [0.1, 0.15) is 17.5 Å². The van der Waals surface area contributed by atoms with Gasteiger partial charge < -0.3 is 10.1 Å². The van der Waals surface area contributed by atoms with Crippen molar-refractivity contribution in [3.05, 3.63) is 30.1 Å². The minimum Gasteiger partial charge on any atom is -0.444 e. The number of amides is 2. The lowest BCUT2D eigenvalue weighted by molar-refractivity contribution is -0.122. The minimum atomic E-state index is -0.613. The first-order chi connectivity index (χ1) is 12.2. The van der Waals surface area contributed by atoms with E-state index < -0.39 is 17.7 Å². The monoisotopic (exact) mass is 380 g/mol. The molecular weight excluding hydrogens is 355 g/mol. The average Bonchev–Trinajstić information content (AvgIpc) is 2.97. The van der Waals surface area contributed by atoms with E-state index in [9.17, 15) is 14.0 Å². The number of nitrogens with one attached hydrogen (secondary N) is 1. The first kappa shape index (κ1) is 18.6. The zero-order valence-electron chi connectivity index (χ0n) is 15.2. The number of ether oxygens (including phenoxy) is 1. The summed E-state index contributed by atoms with van der Waals surface area (Å²) in [5.41, 5.74) is -0.613. The highest BCUT2D eigenvalue weighted by molar-refractivity contribution is 7.23. The van der Waals surface area contributed by atoms with Crippen LogP contribution in [0, 0.1) is 5.82 Å². The largest absolute Gasteiger partial charge is 0.444 e. The maximum Gasteiger partial charge on any atom is 0.410 e. The van der Waals surface area contributed by atoms with Crippen molar-refractivity contribution in [3.8, 4) is 0 Å². The van der Waals surface area contributed by atoms with Crippen LogP contribution in [0.5, 0.6) is 0 Å². The summed E-state index contributed by atoms with van der Waals surface area (Å²) in [5.74, 6) is -0.574. The number of carbonyl (C=O) groups excluding carboxylic acids is 2. The predicted octanol–water partition coefficient (Wildman–Crippen LogP) is 5.01. The van der Waals surface area contributed by atoms with Gasteiger partial charge in [-0.2, -0.15) is 0 Å². The van der Waals surface area contributed by atoms with E-state index in [2.05, 4.69) is 5.32 Å². The quantitative estimate of drug-likeness (QED) is 0.796. The lowest BCUT2D eigenvalue weighted by Crippen LogP contribution is -2.51. The van der Waals surface area contributed by atoms with Gasteiger partial charge in [-0.05, 0) is 58.2 Å². The fourth-order valence-corrected chi connectivity index (χ4v) is 4.01. The number of rotatable bonds is 2. The Balaban J connectivity index is 0.00000261. The van der Waals surface area contributed by atoms with Gasteiger partial charge in [0.25, 0.3) is 0 Å². The predicted molar refractivity (Wildman–Crippen MR) is 103 cm³/mol. The zero-order valence-corrected chi connectivity index (χ0v) is 16.0. The molecule has 0 aliphatic carbocycles. The number of fused-ring (bicyclic) bond motifs is 1. The normalized spacial score (nSPS) is 18.0. The molecule has 2 amide bonds. The molecule has 1 aliphatic heterocycles. The summed E-state index contributed by atoms with van der Waals surface area (Å²) in [6.45, 7) is 5.90. The molecule has 0 unspecified atom stereocenters. The SMILES string of the molecule is CC(C)(C)OC(=O)N1CCCC[C@H]1C(=O)Nc1cc2c(F)cccc2s1.[HH]. The van der Waals surface area contributed by atoms with E-state index in [-0.39, 0.29) is 13.2 Å². The molecule has 142 valence electrons. The second-order valence-corrected chi connectivity index (χ2v) is 8.52. The Bertz CT molecular complexity index is 834. The molecule has 7 heteroatoms. The Labute approximate surface area is 157 Å². The Morgan fingerprint density at radius 1 is 1.35 bits per heavy atom. The number of carbonyl (C=O) groups is 2. The third-order valence-corrected chi connectivity index (χ3v) is 5.20. The van der Waals surface area contributed by atoms with E-state index in [1.165, 1.54) is 22.3 Å². The zero-order chi connectivity index (χ0) is 18.9. The summed E-state index contributed by atoms with van der Waals surface area (Å²) in [6.07, 6.45) is 1.83. The summed E-state index contributed by atoms with van der Waals surface area (Å²) in [6, 6.07) is 5.91. The number of nitrogens with zero attached hydrogens (tertiary/aromatic N) is 1. The summed E-state index contributed by atoms with van der Waals surface area (Å²) in [5, 5.41) is 3.90. The molecule has 1 aliphatic rings. The van der Waals surface area contributed by atoms with Gasteiger partial charge in [-0.15, -0.1) is 11.3 Å². The maximum absolute atomic E-state index is 13.8. The first-order valence-electron chi connectivity index (χ1n) is 8.73. The van der Waals surface area contributed by atoms with Crippen LogP contribution in [0.15, 0.2) is 24.3 Å². The Morgan fingerprint density at radius 3 is 2.81 bits per heavy atom. The summed E-state index contributed by atoms with van der Waals surface area (Å²) >= 11 is 1.32. The molecule has 0 spiro atoms. The second-order valence-electron chi connectivity index (χ2n) is 7.44. The molecule has 0 saturated carbocycles. The van der Waals surface area contributed by atoms with Gasteiger partial charge in [-0.1, -0.05) is 6.07 Å². The Kier molecular flexibility index (Phi) is 5.18. The highest BCUT2D eigenvalue weighted by Crippen LogP contribution is 2.32. The van der Waals surface area contributed by atoms with Crippen molar-refractivity contribution in [3.63, 3.8) is 0 Å². The Hall–Kier alpha value is -2.15. The van der Waals surface area contributed by atoms with E-state index in [1.807, 2.05) is 6.07 Å². The van der Waals surface area contributed by atoms with Gasteiger partial charge in [-0.3, -0.25) is 9.69 Å². The van der Waals surface area contributed by atoms with E-state index in [1.54, 1.807) is 32.9 Å². The molecule has 5 nitrogen and oxygen atoms in total. The van der Waals surface area contributed by atoms with Crippen LogP contribution in [0.3, 0.4) is 0 Å². The summed E-state index contributed by atoms with van der Waals surface area (Å²) in [7, 11) is 0. The minimum absolute atomic E-state index is 0. The molecule has 1 saturated heterocycles. The van der Waals surface area contributed by atoms with Gasteiger partial charge in [0, 0.05) is 18.1 Å². The van der Waals surface area contributed by atoms with Crippen molar-refractivity contribution in [2.24, 2.45) is 0 Å². The number of piperidine rings is 1. The molecule has 1 aromatic heterocycles.